The second kappa shape index (κ2) is 6.59. The number of halogens is 1. The van der Waals surface area contributed by atoms with Gasteiger partial charge >= 0.3 is 11.8 Å². The van der Waals surface area contributed by atoms with Gasteiger partial charge in [-0.2, -0.15) is 0 Å². The molecule has 1 aromatic rings. The number of carbonyl (C=O) groups excluding carboxylic acids is 2. The lowest BCUT2D eigenvalue weighted by atomic mass is 10.0. The monoisotopic (exact) mass is 382 g/mol. The minimum atomic E-state index is -0.615. The summed E-state index contributed by atoms with van der Waals surface area (Å²) in [6.45, 7) is 4.04. The Kier molecular flexibility index (Phi) is 4.70. The molecule has 0 unspecified atom stereocenters. The maximum absolute atomic E-state index is 12.3. The zero-order valence-corrected chi connectivity index (χ0v) is 14.5. The van der Waals surface area contributed by atoms with Crippen molar-refractivity contribution in [3.05, 3.63) is 28.2 Å². The summed E-state index contributed by atoms with van der Waals surface area (Å²) >= 11 is 3.40. The van der Waals surface area contributed by atoms with Gasteiger partial charge in [0.05, 0.1) is 13.2 Å². The van der Waals surface area contributed by atoms with Crippen molar-refractivity contribution in [3.63, 3.8) is 0 Å². The molecule has 1 N–H and O–H groups in total. The Hall–Kier alpha value is -1.44. The Labute approximate surface area is 143 Å². The van der Waals surface area contributed by atoms with Gasteiger partial charge in [-0.3, -0.25) is 9.59 Å². The van der Waals surface area contributed by atoms with Crippen LogP contribution in [0.2, 0.25) is 0 Å². The number of likely N-dealkylation sites (tertiary alicyclic amines) is 1. The number of hydrogen-bond donors (Lipinski definition) is 1. The van der Waals surface area contributed by atoms with Crippen molar-refractivity contribution >= 4 is 33.4 Å². The van der Waals surface area contributed by atoms with Crippen molar-refractivity contribution in [2.45, 2.75) is 25.6 Å². The second-order valence-electron chi connectivity index (χ2n) is 5.82. The lowest BCUT2D eigenvalue weighted by Crippen LogP contribution is -2.50. The number of nitrogens with one attached hydrogen (secondary N) is 1. The average molecular weight is 383 g/mol. The molecule has 124 valence electrons. The maximum Gasteiger partial charge on any atom is 0.313 e. The van der Waals surface area contributed by atoms with Crippen LogP contribution >= 0.6 is 15.9 Å². The van der Waals surface area contributed by atoms with Crippen molar-refractivity contribution in [2.75, 3.05) is 31.6 Å². The molecule has 0 aliphatic carbocycles. The van der Waals surface area contributed by atoms with Gasteiger partial charge in [0.15, 0.2) is 5.79 Å². The summed E-state index contributed by atoms with van der Waals surface area (Å²) in [4.78, 5) is 26.0. The zero-order chi connectivity index (χ0) is 16.4. The Morgan fingerprint density at radius 3 is 2.48 bits per heavy atom. The minimum Gasteiger partial charge on any atom is -0.347 e. The van der Waals surface area contributed by atoms with Crippen molar-refractivity contribution < 1.29 is 19.1 Å². The normalized spacial score (nSPS) is 19.8. The first kappa shape index (κ1) is 16.4. The van der Waals surface area contributed by atoms with E-state index in [4.69, 9.17) is 9.47 Å². The Bertz CT molecular complexity index is 619. The van der Waals surface area contributed by atoms with Gasteiger partial charge in [-0.05, 0) is 30.7 Å². The highest BCUT2D eigenvalue weighted by atomic mass is 79.9. The molecule has 2 saturated heterocycles. The van der Waals surface area contributed by atoms with Crippen LogP contribution in [0.1, 0.15) is 18.4 Å². The predicted molar refractivity (Wildman–Crippen MR) is 88.0 cm³/mol. The van der Waals surface area contributed by atoms with Gasteiger partial charge in [0.25, 0.3) is 0 Å². The van der Waals surface area contributed by atoms with Gasteiger partial charge in [0, 0.05) is 36.1 Å². The number of carbonyl (C=O) groups is 2. The molecule has 0 saturated carbocycles. The van der Waals surface area contributed by atoms with Crippen molar-refractivity contribution in [2.24, 2.45) is 0 Å². The number of nitrogens with zero attached hydrogens (tertiary/aromatic N) is 1. The van der Waals surface area contributed by atoms with E-state index in [1.165, 1.54) is 0 Å². The van der Waals surface area contributed by atoms with Gasteiger partial charge < -0.3 is 19.7 Å². The van der Waals surface area contributed by atoms with E-state index < -0.39 is 17.6 Å². The first-order valence-corrected chi connectivity index (χ1v) is 8.43. The van der Waals surface area contributed by atoms with E-state index in [9.17, 15) is 9.59 Å². The van der Waals surface area contributed by atoms with Crippen LogP contribution in [-0.4, -0.2) is 48.8 Å². The Morgan fingerprint density at radius 1 is 1.22 bits per heavy atom. The summed E-state index contributed by atoms with van der Waals surface area (Å²) in [5.41, 5.74) is 1.60. The molecule has 1 spiro atoms. The molecule has 0 aromatic heterocycles. The first-order valence-electron chi connectivity index (χ1n) is 7.63. The van der Waals surface area contributed by atoms with Gasteiger partial charge in [-0.15, -0.1) is 0 Å². The summed E-state index contributed by atoms with van der Waals surface area (Å²) in [5, 5.41) is 2.65. The first-order chi connectivity index (χ1) is 11.0. The summed E-state index contributed by atoms with van der Waals surface area (Å²) in [5.74, 6) is -1.68. The highest BCUT2D eigenvalue weighted by molar-refractivity contribution is 9.10. The van der Waals surface area contributed by atoms with Crippen LogP contribution in [-0.2, 0) is 19.1 Å². The zero-order valence-electron chi connectivity index (χ0n) is 12.9. The van der Waals surface area contributed by atoms with Crippen LogP contribution in [0.5, 0.6) is 0 Å². The van der Waals surface area contributed by atoms with E-state index in [1.54, 1.807) is 11.0 Å². The third kappa shape index (κ3) is 3.57. The average Bonchev–Trinajstić information content (AvgIpc) is 2.99. The second-order valence-corrected chi connectivity index (χ2v) is 6.67. The molecule has 0 bridgehead atoms. The summed E-state index contributed by atoms with van der Waals surface area (Å²) in [7, 11) is 0. The molecule has 23 heavy (non-hydrogen) atoms. The molecule has 3 rings (SSSR count). The smallest absolute Gasteiger partial charge is 0.313 e. The molecule has 0 radical (unpaired) electrons. The quantitative estimate of drug-likeness (QED) is 0.754. The highest BCUT2D eigenvalue weighted by Crippen LogP contribution is 2.31. The molecular weight excluding hydrogens is 364 g/mol. The fourth-order valence-corrected chi connectivity index (χ4v) is 3.13. The number of hydrogen-bond acceptors (Lipinski definition) is 4. The number of piperidine rings is 1. The molecule has 2 amide bonds. The molecule has 7 heteroatoms. The van der Waals surface area contributed by atoms with E-state index >= 15 is 0 Å². The molecule has 2 aliphatic heterocycles. The summed E-state index contributed by atoms with van der Waals surface area (Å²) in [6.07, 6.45) is 1.20. The van der Waals surface area contributed by atoms with Crippen molar-refractivity contribution in [3.8, 4) is 0 Å². The molecule has 2 heterocycles. The lowest BCUT2D eigenvalue weighted by molar-refractivity contribution is -0.187. The van der Waals surface area contributed by atoms with Crippen LogP contribution in [0, 0.1) is 6.92 Å². The van der Waals surface area contributed by atoms with E-state index in [-0.39, 0.29) is 0 Å². The highest BCUT2D eigenvalue weighted by Gasteiger charge is 2.41. The fourth-order valence-electron chi connectivity index (χ4n) is 2.89. The molecular formula is C16H19BrN2O4. The number of aryl methyl sites for hydroxylation is 1. The number of rotatable bonds is 1. The van der Waals surface area contributed by atoms with Crippen LogP contribution in [0.4, 0.5) is 5.69 Å². The minimum absolute atomic E-state index is 0.464. The van der Waals surface area contributed by atoms with E-state index in [1.807, 2.05) is 19.1 Å². The van der Waals surface area contributed by atoms with E-state index in [0.29, 0.717) is 44.8 Å². The number of anilines is 1. The molecule has 2 aliphatic rings. The number of benzene rings is 1. The van der Waals surface area contributed by atoms with Gasteiger partial charge in [0.1, 0.15) is 0 Å². The molecule has 0 atom stereocenters. The van der Waals surface area contributed by atoms with Crippen molar-refractivity contribution in [1.82, 2.24) is 4.90 Å². The van der Waals surface area contributed by atoms with Gasteiger partial charge in [0.2, 0.25) is 0 Å². The Balaban J connectivity index is 1.57. The topological polar surface area (TPSA) is 67.9 Å². The number of amides is 2. The van der Waals surface area contributed by atoms with Crippen LogP contribution in [0.25, 0.3) is 0 Å². The van der Waals surface area contributed by atoms with Crippen molar-refractivity contribution in [1.29, 1.82) is 0 Å². The predicted octanol–water partition coefficient (Wildman–Crippen LogP) is 2.06. The summed E-state index contributed by atoms with van der Waals surface area (Å²) in [6, 6.07) is 5.42. The van der Waals surface area contributed by atoms with E-state index in [0.717, 1.165) is 10.0 Å². The van der Waals surface area contributed by atoms with Crippen LogP contribution in [0.3, 0.4) is 0 Å². The van der Waals surface area contributed by atoms with E-state index in [2.05, 4.69) is 21.2 Å². The largest absolute Gasteiger partial charge is 0.347 e. The van der Waals surface area contributed by atoms with Gasteiger partial charge in [-0.25, -0.2) is 0 Å². The third-order valence-corrected chi connectivity index (χ3v) is 5.13. The Morgan fingerprint density at radius 2 is 1.87 bits per heavy atom. The third-order valence-electron chi connectivity index (χ3n) is 4.24. The SMILES string of the molecule is Cc1cc(NC(=O)C(=O)N2CCC3(CC2)OCCO3)ccc1Br. The standard InChI is InChI=1S/C16H19BrN2O4/c1-11-10-12(2-3-13(11)17)18-14(20)15(21)19-6-4-16(5-7-19)22-8-9-23-16/h2-3,10H,4-9H2,1H3,(H,18,20). The lowest BCUT2D eigenvalue weighted by Gasteiger charge is -2.37. The molecule has 2 fully saturated rings. The van der Waals surface area contributed by atoms with Crippen LogP contribution < -0.4 is 5.32 Å². The maximum atomic E-state index is 12.3. The summed E-state index contributed by atoms with van der Waals surface area (Å²) < 4.78 is 12.2. The fraction of sp³-hybridized carbons (Fsp3) is 0.500. The number of ether oxygens (including phenoxy) is 2. The molecule has 6 nitrogen and oxygen atoms in total. The van der Waals surface area contributed by atoms with Crippen LogP contribution in [0.15, 0.2) is 22.7 Å². The molecule has 1 aromatic carbocycles. The van der Waals surface area contributed by atoms with Gasteiger partial charge in [-0.1, -0.05) is 15.9 Å².